The minimum atomic E-state index is 0.232. The van der Waals surface area contributed by atoms with Gasteiger partial charge in [0.15, 0.2) is 0 Å². The van der Waals surface area contributed by atoms with Gasteiger partial charge in [-0.3, -0.25) is 0 Å². The summed E-state index contributed by atoms with van der Waals surface area (Å²) in [6, 6.07) is 20.6. The van der Waals surface area contributed by atoms with Crippen molar-refractivity contribution in [1.82, 2.24) is 0 Å². The molecule has 1 saturated heterocycles. The summed E-state index contributed by atoms with van der Waals surface area (Å²) in [4.78, 5) is 0. The predicted octanol–water partition coefficient (Wildman–Crippen LogP) is 6.05. The van der Waals surface area contributed by atoms with Crippen LogP contribution in [0.5, 0.6) is 11.5 Å². The summed E-state index contributed by atoms with van der Waals surface area (Å²) in [6.45, 7) is 3.57. The van der Waals surface area contributed by atoms with E-state index in [2.05, 4.69) is 61.5 Å². The third-order valence-electron chi connectivity index (χ3n) is 5.16. The Hall–Kier alpha value is -3.04. The zero-order valence-electron chi connectivity index (χ0n) is 15.8. The zero-order valence-corrected chi connectivity index (χ0v) is 15.8. The lowest BCUT2D eigenvalue weighted by atomic mass is 10.1. The van der Waals surface area contributed by atoms with Crippen LogP contribution in [0.25, 0.3) is 22.9 Å². The van der Waals surface area contributed by atoms with E-state index in [9.17, 15) is 0 Å². The second-order valence-corrected chi connectivity index (χ2v) is 7.36. The number of hydrogen-bond donors (Lipinski definition) is 0. The van der Waals surface area contributed by atoms with Crippen LogP contribution in [0.15, 0.2) is 72.5 Å². The van der Waals surface area contributed by atoms with Crippen molar-refractivity contribution < 1.29 is 14.2 Å². The Morgan fingerprint density at radius 2 is 1.71 bits per heavy atom. The lowest BCUT2D eigenvalue weighted by Gasteiger charge is -2.13. The third-order valence-corrected chi connectivity index (χ3v) is 5.16. The summed E-state index contributed by atoms with van der Waals surface area (Å²) in [5.74, 6) is 2.85. The highest BCUT2D eigenvalue weighted by molar-refractivity contribution is 5.83. The lowest BCUT2D eigenvalue weighted by molar-refractivity contribution is 0.169. The fourth-order valence-corrected chi connectivity index (χ4v) is 3.41. The zero-order chi connectivity index (χ0) is 18.9. The summed E-state index contributed by atoms with van der Waals surface area (Å²) >= 11 is 0. The lowest BCUT2D eigenvalue weighted by Crippen LogP contribution is -2.06. The molecule has 140 valence electrons. The van der Waals surface area contributed by atoms with E-state index >= 15 is 0 Å². The first-order chi connectivity index (χ1) is 13.7. The van der Waals surface area contributed by atoms with Crippen molar-refractivity contribution in [2.24, 2.45) is 5.92 Å². The van der Waals surface area contributed by atoms with Gasteiger partial charge in [-0.2, -0.15) is 0 Å². The van der Waals surface area contributed by atoms with E-state index in [4.69, 9.17) is 14.2 Å². The molecule has 0 radical (unpaired) electrons. The first-order valence-corrected chi connectivity index (χ1v) is 9.69. The summed E-state index contributed by atoms with van der Waals surface area (Å²) in [6.07, 6.45) is 6.70. The van der Waals surface area contributed by atoms with Crippen molar-refractivity contribution in [2.75, 3.05) is 13.2 Å². The fraction of sp³-hybridized carbons (Fsp3) is 0.200. The Labute approximate surface area is 164 Å². The van der Waals surface area contributed by atoms with Crippen LogP contribution >= 0.6 is 0 Å². The molecule has 1 aliphatic carbocycles. The van der Waals surface area contributed by atoms with Gasteiger partial charge in [0.25, 0.3) is 0 Å². The molecule has 0 amide bonds. The quantitative estimate of drug-likeness (QED) is 0.512. The second-order valence-electron chi connectivity index (χ2n) is 7.36. The van der Waals surface area contributed by atoms with Gasteiger partial charge in [-0.1, -0.05) is 55.5 Å². The molecule has 5 rings (SSSR count). The fourth-order valence-electron chi connectivity index (χ4n) is 3.41. The molecular formula is C25H22O3. The minimum absolute atomic E-state index is 0.232. The third kappa shape index (κ3) is 3.67. The molecule has 3 heteroatoms. The summed E-state index contributed by atoms with van der Waals surface area (Å²) in [7, 11) is 0. The molecule has 0 N–H and O–H groups in total. The van der Waals surface area contributed by atoms with Crippen LogP contribution < -0.4 is 4.74 Å². The largest absolute Gasteiger partial charge is 0.494 e. The average molecular weight is 370 g/mol. The monoisotopic (exact) mass is 370 g/mol. The summed E-state index contributed by atoms with van der Waals surface area (Å²) in [5, 5.41) is 2.38. The Morgan fingerprint density at radius 1 is 0.929 bits per heavy atom. The SMILES string of the molecule is CC1C=Cc2ccc(Oc3ccc4ccccc4c3)cc2C=C1OCC1CO1. The maximum absolute atomic E-state index is 6.15. The number of benzene rings is 3. The van der Waals surface area contributed by atoms with Crippen LogP contribution in [-0.4, -0.2) is 19.3 Å². The van der Waals surface area contributed by atoms with Gasteiger partial charge < -0.3 is 14.2 Å². The van der Waals surface area contributed by atoms with Gasteiger partial charge in [-0.05, 0) is 52.2 Å². The standard InChI is InChI=1S/C25H22O3/c1-17-6-7-19-9-11-23(13-21(19)14-25(17)27-16-24-15-26-24)28-22-10-8-18-4-2-3-5-20(18)12-22/h2-14,17,24H,15-16H2,1H3. The van der Waals surface area contributed by atoms with Crippen molar-refractivity contribution in [2.45, 2.75) is 13.0 Å². The molecule has 0 aromatic heterocycles. The van der Waals surface area contributed by atoms with Gasteiger partial charge in [-0.15, -0.1) is 0 Å². The number of epoxide rings is 1. The van der Waals surface area contributed by atoms with Gasteiger partial charge >= 0.3 is 0 Å². The van der Waals surface area contributed by atoms with Gasteiger partial charge in [0, 0.05) is 5.92 Å². The molecule has 0 saturated carbocycles. The normalized spacial score (nSPS) is 20.2. The van der Waals surface area contributed by atoms with E-state index in [1.165, 1.54) is 16.3 Å². The highest BCUT2D eigenvalue weighted by Crippen LogP contribution is 2.31. The van der Waals surface area contributed by atoms with Gasteiger partial charge in [0.2, 0.25) is 0 Å². The molecule has 3 nitrogen and oxygen atoms in total. The van der Waals surface area contributed by atoms with Gasteiger partial charge in [0.1, 0.15) is 30.0 Å². The number of ether oxygens (including phenoxy) is 3. The first-order valence-electron chi connectivity index (χ1n) is 9.69. The molecule has 28 heavy (non-hydrogen) atoms. The van der Waals surface area contributed by atoms with Crippen LogP contribution in [0.2, 0.25) is 0 Å². The Kier molecular flexibility index (Phi) is 4.38. The maximum atomic E-state index is 6.15. The highest BCUT2D eigenvalue weighted by atomic mass is 16.6. The smallest absolute Gasteiger partial charge is 0.128 e. The van der Waals surface area contributed by atoms with E-state index in [1.54, 1.807) is 0 Å². The van der Waals surface area contributed by atoms with E-state index in [-0.39, 0.29) is 12.0 Å². The highest BCUT2D eigenvalue weighted by Gasteiger charge is 2.24. The molecular weight excluding hydrogens is 348 g/mol. The van der Waals surface area contributed by atoms with Crippen LogP contribution in [0.3, 0.4) is 0 Å². The second kappa shape index (κ2) is 7.17. The molecule has 1 heterocycles. The number of fused-ring (bicyclic) bond motifs is 2. The molecule has 0 bridgehead atoms. The molecule has 3 aromatic carbocycles. The topological polar surface area (TPSA) is 31.0 Å². The van der Waals surface area contributed by atoms with Crippen molar-refractivity contribution in [3.8, 4) is 11.5 Å². The van der Waals surface area contributed by atoms with Crippen LogP contribution in [0.1, 0.15) is 18.1 Å². The number of hydrogen-bond acceptors (Lipinski definition) is 3. The van der Waals surface area contributed by atoms with Crippen molar-refractivity contribution in [1.29, 1.82) is 0 Å². The predicted molar refractivity (Wildman–Crippen MR) is 112 cm³/mol. The summed E-state index contributed by atoms with van der Waals surface area (Å²) in [5.41, 5.74) is 2.27. The molecule has 2 unspecified atom stereocenters. The van der Waals surface area contributed by atoms with E-state index in [0.717, 1.165) is 29.4 Å². The van der Waals surface area contributed by atoms with Crippen molar-refractivity contribution in [3.63, 3.8) is 0 Å². The minimum Gasteiger partial charge on any atom is -0.494 e. The molecule has 1 aliphatic heterocycles. The van der Waals surface area contributed by atoms with Crippen molar-refractivity contribution in [3.05, 3.63) is 83.6 Å². The van der Waals surface area contributed by atoms with Crippen molar-refractivity contribution >= 4 is 22.9 Å². The van der Waals surface area contributed by atoms with Gasteiger partial charge in [0.05, 0.1) is 6.61 Å². The molecule has 0 spiro atoms. The van der Waals surface area contributed by atoms with Crippen LogP contribution in [0.4, 0.5) is 0 Å². The van der Waals surface area contributed by atoms with E-state index in [1.807, 2.05) is 24.3 Å². The van der Waals surface area contributed by atoms with E-state index in [0.29, 0.717) is 6.61 Å². The summed E-state index contributed by atoms with van der Waals surface area (Å²) < 4.78 is 17.4. The average Bonchev–Trinajstić information content (AvgIpc) is 3.55. The molecule has 3 aromatic rings. The van der Waals surface area contributed by atoms with E-state index < -0.39 is 0 Å². The molecule has 1 fully saturated rings. The Balaban J connectivity index is 1.42. The molecule has 2 aliphatic rings. The Bertz CT molecular complexity index is 1080. The van der Waals surface area contributed by atoms with Crippen LogP contribution in [-0.2, 0) is 9.47 Å². The maximum Gasteiger partial charge on any atom is 0.128 e. The number of allylic oxidation sites excluding steroid dienone is 1. The first kappa shape index (κ1) is 17.1. The Morgan fingerprint density at radius 3 is 2.57 bits per heavy atom. The number of rotatable bonds is 5. The molecule has 2 atom stereocenters. The van der Waals surface area contributed by atoms with Gasteiger partial charge in [-0.25, -0.2) is 0 Å². The van der Waals surface area contributed by atoms with Crippen LogP contribution in [0, 0.1) is 5.92 Å².